The highest BCUT2D eigenvalue weighted by Crippen LogP contribution is 2.31. The molecule has 1 aromatic rings. The van der Waals surface area contributed by atoms with E-state index in [0.717, 1.165) is 32.5 Å². The minimum Gasteiger partial charge on any atom is -0.323 e. The van der Waals surface area contributed by atoms with E-state index in [1.165, 1.54) is 36.0 Å². The molecule has 5 heteroatoms. The Morgan fingerprint density at radius 3 is 2.83 bits per heavy atom. The number of fused-ring (bicyclic) bond motifs is 1. The first-order chi connectivity index (χ1) is 11.5. The third-order valence-electron chi connectivity index (χ3n) is 5.96. The quantitative estimate of drug-likeness (QED) is 0.835. The van der Waals surface area contributed by atoms with Crippen LogP contribution in [0.3, 0.4) is 0 Å². The Bertz CT molecular complexity index is 687. The number of piperidine rings is 1. The molecule has 2 fully saturated rings. The molecule has 0 radical (unpaired) electrons. The lowest BCUT2D eigenvalue weighted by Gasteiger charge is -2.39. The number of amides is 3. The fourth-order valence-corrected chi connectivity index (χ4v) is 4.50. The Hall–Kier alpha value is -1.88. The second-order valence-electron chi connectivity index (χ2n) is 7.64. The summed E-state index contributed by atoms with van der Waals surface area (Å²) in [4.78, 5) is 26.1. The normalized spacial score (nSPS) is 30.1. The molecule has 0 bridgehead atoms. The molecule has 3 amide bonds. The van der Waals surface area contributed by atoms with E-state index in [4.69, 9.17) is 0 Å². The number of aryl methyl sites for hydroxylation is 2. The molecule has 2 saturated heterocycles. The summed E-state index contributed by atoms with van der Waals surface area (Å²) >= 11 is 0. The summed E-state index contributed by atoms with van der Waals surface area (Å²) in [7, 11) is 0. The summed E-state index contributed by atoms with van der Waals surface area (Å²) in [6.07, 6.45) is 5.74. The van der Waals surface area contributed by atoms with Crippen LogP contribution in [-0.2, 0) is 24.2 Å². The minimum absolute atomic E-state index is 0.159. The molecule has 128 valence electrons. The van der Waals surface area contributed by atoms with Gasteiger partial charge >= 0.3 is 6.03 Å². The third kappa shape index (κ3) is 2.71. The second kappa shape index (κ2) is 5.88. The van der Waals surface area contributed by atoms with E-state index < -0.39 is 5.54 Å². The van der Waals surface area contributed by atoms with Gasteiger partial charge in [-0.2, -0.15) is 0 Å². The third-order valence-corrected chi connectivity index (χ3v) is 5.96. The van der Waals surface area contributed by atoms with Gasteiger partial charge in [-0.25, -0.2) is 4.79 Å². The monoisotopic (exact) mass is 327 g/mol. The molecule has 3 aliphatic rings. The Kier molecular flexibility index (Phi) is 3.83. The smallest absolute Gasteiger partial charge is 0.322 e. The van der Waals surface area contributed by atoms with Crippen LogP contribution in [0, 0.1) is 5.92 Å². The summed E-state index contributed by atoms with van der Waals surface area (Å²) in [5, 5.41) is 5.23. The molecule has 2 N–H and O–H groups in total. The topological polar surface area (TPSA) is 61.4 Å². The SMILES string of the molecule is C[C@@]1([C@@H]2CCCN(Cc3ccc4c(c3)CCC4)C2)NC(=O)NC1=O. The predicted molar refractivity (Wildman–Crippen MR) is 91.5 cm³/mol. The van der Waals surface area contributed by atoms with Gasteiger partial charge in [0.15, 0.2) is 0 Å². The molecule has 2 atom stereocenters. The molecule has 0 saturated carbocycles. The second-order valence-corrected chi connectivity index (χ2v) is 7.64. The first-order valence-corrected chi connectivity index (χ1v) is 9.01. The summed E-state index contributed by atoms with van der Waals surface area (Å²) in [6, 6.07) is 6.53. The summed E-state index contributed by atoms with van der Waals surface area (Å²) < 4.78 is 0. The number of urea groups is 1. The number of nitrogens with one attached hydrogen (secondary N) is 2. The van der Waals surface area contributed by atoms with E-state index >= 15 is 0 Å². The van der Waals surface area contributed by atoms with Gasteiger partial charge in [0.05, 0.1) is 0 Å². The van der Waals surface area contributed by atoms with Gasteiger partial charge in [-0.15, -0.1) is 0 Å². The Labute approximate surface area is 142 Å². The molecule has 0 aromatic heterocycles. The average Bonchev–Trinajstić information content (AvgIpc) is 3.12. The number of hydrogen-bond donors (Lipinski definition) is 2. The van der Waals surface area contributed by atoms with E-state index in [1.807, 2.05) is 6.92 Å². The molecule has 0 spiro atoms. The lowest BCUT2D eigenvalue weighted by atomic mass is 9.80. The highest BCUT2D eigenvalue weighted by Gasteiger charge is 2.48. The lowest BCUT2D eigenvalue weighted by molar-refractivity contribution is -0.126. The van der Waals surface area contributed by atoms with Gasteiger partial charge in [0.2, 0.25) is 0 Å². The number of imide groups is 1. The van der Waals surface area contributed by atoms with E-state index in [9.17, 15) is 9.59 Å². The van der Waals surface area contributed by atoms with Crippen LogP contribution in [0.1, 0.15) is 42.9 Å². The molecular weight excluding hydrogens is 302 g/mol. The van der Waals surface area contributed by atoms with Gasteiger partial charge in [0.25, 0.3) is 5.91 Å². The number of nitrogens with zero attached hydrogens (tertiary/aromatic N) is 1. The minimum atomic E-state index is -0.770. The molecule has 0 unspecified atom stereocenters. The average molecular weight is 327 g/mol. The van der Waals surface area contributed by atoms with Gasteiger partial charge in [-0.3, -0.25) is 15.0 Å². The predicted octanol–water partition coefficient (Wildman–Crippen LogP) is 1.99. The number of hydrogen-bond acceptors (Lipinski definition) is 3. The fraction of sp³-hybridized carbons (Fsp3) is 0.579. The summed E-state index contributed by atoms with van der Waals surface area (Å²) in [5.74, 6) is -0.0241. The van der Waals surface area contributed by atoms with Gasteiger partial charge in [0.1, 0.15) is 5.54 Å². The van der Waals surface area contributed by atoms with Crippen LogP contribution in [0.25, 0.3) is 0 Å². The number of likely N-dealkylation sites (tertiary alicyclic amines) is 1. The molecule has 1 aromatic carbocycles. The maximum atomic E-state index is 12.2. The van der Waals surface area contributed by atoms with Crippen LogP contribution in [-0.4, -0.2) is 35.5 Å². The molecular formula is C19H25N3O2. The summed E-state index contributed by atoms with van der Waals surface area (Å²) in [6.45, 7) is 4.69. The molecule has 4 rings (SSSR count). The molecule has 5 nitrogen and oxygen atoms in total. The molecule has 2 heterocycles. The highest BCUT2D eigenvalue weighted by atomic mass is 16.2. The van der Waals surface area contributed by atoms with Crippen molar-refractivity contribution in [2.75, 3.05) is 13.1 Å². The van der Waals surface area contributed by atoms with Crippen molar-refractivity contribution in [3.8, 4) is 0 Å². The van der Waals surface area contributed by atoms with E-state index in [2.05, 4.69) is 33.7 Å². The van der Waals surface area contributed by atoms with Crippen molar-refractivity contribution in [3.63, 3.8) is 0 Å². The van der Waals surface area contributed by atoms with Gasteiger partial charge in [-0.1, -0.05) is 18.2 Å². The first-order valence-electron chi connectivity index (χ1n) is 9.01. The molecule has 1 aliphatic carbocycles. The zero-order valence-electron chi connectivity index (χ0n) is 14.2. The van der Waals surface area contributed by atoms with Crippen molar-refractivity contribution in [1.82, 2.24) is 15.5 Å². The zero-order chi connectivity index (χ0) is 16.7. The van der Waals surface area contributed by atoms with Crippen molar-refractivity contribution >= 4 is 11.9 Å². The van der Waals surface area contributed by atoms with Crippen LogP contribution in [0.15, 0.2) is 18.2 Å². The fourth-order valence-electron chi connectivity index (χ4n) is 4.50. The highest BCUT2D eigenvalue weighted by molar-refractivity contribution is 6.07. The maximum Gasteiger partial charge on any atom is 0.322 e. The molecule has 24 heavy (non-hydrogen) atoms. The zero-order valence-corrected chi connectivity index (χ0v) is 14.2. The van der Waals surface area contributed by atoms with Crippen molar-refractivity contribution in [1.29, 1.82) is 0 Å². The van der Waals surface area contributed by atoms with Crippen LogP contribution >= 0.6 is 0 Å². The maximum absolute atomic E-state index is 12.2. The largest absolute Gasteiger partial charge is 0.323 e. The standard InChI is InChI=1S/C19H25N3O2/c1-19(17(23)20-18(24)21-19)16-6-3-9-22(12-16)11-13-7-8-14-4-2-5-15(14)10-13/h7-8,10,16H,2-6,9,11-12H2,1H3,(H2,20,21,23,24)/t16-,19+/m1/s1. The number of carbonyl (C=O) groups is 2. The van der Waals surface area contributed by atoms with Gasteiger partial charge in [-0.05, 0) is 62.3 Å². The first kappa shape index (κ1) is 15.6. The number of carbonyl (C=O) groups excluding carboxylic acids is 2. The van der Waals surface area contributed by atoms with Crippen molar-refractivity contribution in [3.05, 3.63) is 34.9 Å². The number of benzene rings is 1. The Balaban J connectivity index is 1.45. The Morgan fingerprint density at radius 2 is 2.04 bits per heavy atom. The van der Waals surface area contributed by atoms with Gasteiger partial charge in [0, 0.05) is 19.0 Å². The molecule has 2 aliphatic heterocycles. The number of rotatable bonds is 3. The lowest BCUT2D eigenvalue weighted by Crippen LogP contribution is -2.55. The van der Waals surface area contributed by atoms with Gasteiger partial charge < -0.3 is 5.32 Å². The van der Waals surface area contributed by atoms with Crippen molar-refractivity contribution in [2.45, 2.75) is 51.1 Å². The Morgan fingerprint density at radius 1 is 1.21 bits per heavy atom. The van der Waals surface area contributed by atoms with E-state index in [1.54, 1.807) is 0 Å². The van der Waals surface area contributed by atoms with E-state index in [0.29, 0.717) is 0 Å². The van der Waals surface area contributed by atoms with Crippen molar-refractivity contribution < 1.29 is 9.59 Å². The van der Waals surface area contributed by atoms with Crippen LogP contribution in [0.4, 0.5) is 4.79 Å². The van der Waals surface area contributed by atoms with Crippen molar-refractivity contribution in [2.24, 2.45) is 5.92 Å². The summed E-state index contributed by atoms with van der Waals surface area (Å²) in [5.41, 5.74) is 3.61. The van der Waals surface area contributed by atoms with Crippen LogP contribution in [0.2, 0.25) is 0 Å². The van der Waals surface area contributed by atoms with E-state index in [-0.39, 0.29) is 17.9 Å². The van der Waals surface area contributed by atoms with Crippen LogP contribution in [0.5, 0.6) is 0 Å². The van der Waals surface area contributed by atoms with Crippen LogP contribution < -0.4 is 10.6 Å².